The Bertz CT molecular complexity index is 560. The first-order valence-corrected chi connectivity index (χ1v) is 6.19. The van der Waals surface area contributed by atoms with E-state index >= 15 is 0 Å². The van der Waals surface area contributed by atoms with Crippen LogP contribution in [0.3, 0.4) is 0 Å². The van der Waals surface area contributed by atoms with Crippen molar-refractivity contribution in [2.45, 2.75) is 0 Å². The topological polar surface area (TPSA) is 96.3 Å². The number of hydrogen-bond donors (Lipinski definition) is 1. The van der Waals surface area contributed by atoms with Crippen LogP contribution in [0.25, 0.3) is 0 Å². The van der Waals surface area contributed by atoms with Gasteiger partial charge in [-0.25, -0.2) is 13.2 Å². The van der Waals surface area contributed by atoms with E-state index in [4.69, 9.17) is 5.26 Å². The lowest BCUT2D eigenvalue weighted by molar-refractivity contribution is 0.0601. The predicted octanol–water partition coefficient (Wildman–Crippen LogP) is 0.738. The molecule has 0 saturated heterocycles. The summed E-state index contributed by atoms with van der Waals surface area (Å²) in [7, 11) is -2.47. The number of hydrogen-bond acceptors (Lipinski definition) is 5. The molecule has 1 aromatic carbocycles. The zero-order valence-corrected chi connectivity index (χ0v) is 9.82. The second-order valence-electron chi connectivity index (χ2n) is 3.09. The van der Waals surface area contributed by atoms with Crippen LogP contribution in [0, 0.1) is 11.3 Å². The number of anilines is 1. The van der Waals surface area contributed by atoms with Crippen LogP contribution in [0.5, 0.6) is 0 Å². The average Bonchev–Trinajstić information content (AvgIpc) is 2.27. The number of benzene rings is 1. The standard InChI is InChI=1S/C10H10N2O4S/c1-16-10(13)8-3-2-4-9(7-8)12-17(14,15)6-5-11/h2-4,7,12H,6H2,1H3. The summed E-state index contributed by atoms with van der Waals surface area (Å²) in [5.74, 6) is -1.21. The van der Waals surface area contributed by atoms with Crippen LogP contribution in [0.1, 0.15) is 10.4 Å². The summed E-state index contributed by atoms with van der Waals surface area (Å²) < 4.78 is 29.3. The number of carbonyl (C=O) groups excluding carboxylic acids is 1. The number of nitriles is 1. The van der Waals surface area contributed by atoms with Crippen molar-refractivity contribution in [2.75, 3.05) is 17.6 Å². The number of nitrogens with zero attached hydrogens (tertiary/aromatic N) is 1. The minimum atomic E-state index is -3.70. The number of methoxy groups -OCH3 is 1. The SMILES string of the molecule is COC(=O)c1cccc(NS(=O)(=O)CC#N)c1. The van der Waals surface area contributed by atoms with Crippen molar-refractivity contribution in [3.63, 3.8) is 0 Å². The smallest absolute Gasteiger partial charge is 0.337 e. The molecule has 0 radical (unpaired) electrons. The van der Waals surface area contributed by atoms with Gasteiger partial charge in [-0.1, -0.05) is 6.07 Å². The molecule has 0 unspecified atom stereocenters. The van der Waals surface area contributed by atoms with E-state index in [-0.39, 0.29) is 11.3 Å². The van der Waals surface area contributed by atoms with Crippen molar-refractivity contribution < 1.29 is 17.9 Å². The lowest BCUT2D eigenvalue weighted by atomic mass is 10.2. The fraction of sp³-hybridized carbons (Fsp3) is 0.200. The van der Waals surface area contributed by atoms with Crippen LogP contribution in [0.4, 0.5) is 5.69 Å². The molecule has 0 aromatic heterocycles. The molecule has 0 atom stereocenters. The molecule has 7 heteroatoms. The number of nitrogens with one attached hydrogen (secondary N) is 1. The highest BCUT2D eigenvalue weighted by molar-refractivity contribution is 7.92. The molecule has 0 fully saturated rings. The molecule has 6 nitrogen and oxygen atoms in total. The fourth-order valence-corrected chi connectivity index (χ4v) is 1.86. The van der Waals surface area contributed by atoms with Gasteiger partial charge in [-0.05, 0) is 18.2 Å². The Kier molecular flexibility index (Phi) is 4.06. The van der Waals surface area contributed by atoms with E-state index in [2.05, 4.69) is 9.46 Å². The van der Waals surface area contributed by atoms with Gasteiger partial charge in [-0.15, -0.1) is 0 Å². The van der Waals surface area contributed by atoms with E-state index in [9.17, 15) is 13.2 Å². The van der Waals surface area contributed by atoms with Crippen molar-refractivity contribution >= 4 is 21.7 Å². The van der Waals surface area contributed by atoms with Crippen molar-refractivity contribution in [2.24, 2.45) is 0 Å². The number of esters is 1. The summed E-state index contributed by atoms with van der Waals surface area (Å²) in [4.78, 5) is 11.2. The summed E-state index contributed by atoms with van der Waals surface area (Å²) in [6.07, 6.45) is 0. The van der Waals surface area contributed by atoms with Crippen LogP contribution < -0.4 is 4.72 Å². The van der Waals surface area contributed by atoms with E-state index in [0.717, 1.165) is 0 Å². The highest BCUT2D eigenvalue weighted by Crippen LogP contribution is 2.13. The molecule has 0 aliphatic carbocycles. The van der Waals surface area contributed by atoms with Crippen molar-refractivity contribution in [1.29, 1.82) is 5.26 Å². The molecule has 17 heavy (non-hydrogen) atoms. The van der Waals surface area contributed by atoms with E-state index in [1.54, 1.807) is 0 Å². The highest BCUT2D eigenvalue weighted by Gasteiger charge is 2.11. The third-order valence-electron chi connectivity index (χ3n) is 1.81. The maximum Gasteiger partial charge on any atom is 0.337 e. The van der Waals surface area contributed by atoms with Gasteiger partial charge in [0.05, 0.1) is 18.7 Å². The summed E-state index contributed by atoms with van der Waals surface area (Å²) in [5.41, 5.74) is 0.438. The van der Waals surface area contributed by atoms with E-state index in [1.807, 2.05) is 0 Å². The maximum atomic E-state index is 11.3. The first-order valence-electron chi connectivity index (χ1n) is 4.54. The molecular formula is C10H10N2O4S. The molecule has 1 aromatic rings. The van der Waals surface area contributed by atoms with Gasteiger partial charge >= 0.3 is 5.97 Å². The van der Waals surface area contributed by atoms with E-state index < -0.39 is 21.7 Å². The Morgan fingerprint density at radius 3 is 2.82 bits per heavy atom. The molecule has 1 rings (SSSR count). The Hall–Kier alpha value is -2.07. The summed E-state index contributed by atoms with van der Waals surface area (Å²) in [6.45, 7) is 0. The number of ether oxygens (including phenoxy) is 1. The molecular weight excluding hydrogens is 244 g/mol. The van der Waals surface area contributed by atoms with Gasteiger partial charge in [0.25, 0.3) is 0 Å². The third-order valence-corrected chi connectivity index (χ3v) is 2.87. The minimum Gasteiger partial charge on any atom is -0.465 e. The monoisotopic (exact) mass is 254 g/mol. The molecule has 0 bridgehead atoms. The zero-order valence-electron chi connectivity index (χ0n) is 9.00. The van der Waals surface area contributed by atoms with Crippen LogP contribution in [-0.2, 0) is 14.8 Å². The highest BCUT2D eigenvalue weighted by atomic mass is 32.2. The van der Waals surface area contributed by atoms with E-state index in [1.165, 1.54) is 37.4 Å². The van der Waals surface area contributed by atoms with Gasteiger partial charge in [0.15, 0.2) is 5.75 Å². The van der Waals surface area contributed by atoms with Crippen molar-refractivity contribution in [3.05, 3.63) is 29.8 Å². The molecule has 0 aliphatic heterocycles. The summed E-state index contributed by atoms with van der Waals surface area (Å²) in [6, 6.07) is 7.35. The second-order valence-corrected chi connectivity index (χ2v) is 4.81. The Morgan fingerprint density at radius 1 is 1.53 bits per heavy atom. The maximum absolute atomic E-state index is 11.3. The van der Waals surface area contributed by atoms with Gasteiger partial charge in [0.2, 0.25) is 10.0 Å². The van der Waals surface area contributed by atoms with Crippen LogP contribution in [-0.4, -0.2) is 27.2 Å². The molecule has 0 heterocycles. The van der Waals surface area contributed by atoms with Crippen LogP contribution >= 0.6 is 0 Å². The van der Waals surface area contributed by atoms with Crippen LogP contribution in [0.15, 0.2) is 24.3 Å². The lowest BCUT2D eigenvalue weighted by Crippen LogP contribution is -2.15. The molecule has 90 valence electrons. The molecule has 0 spiro atoms. The minimum absolute atomic E-state index is 0.211. The summed E-state index contributed by atoms with van der Waals surface area (Å²) in [5, 5.41) is 8.32. The van der Waals surface area contributed by atoms with Crippen LogP contribution in [0.2, 0.25) is 0 Å². The van der Waals surface area contributed by atoms with Gasteiger partial charge in [-0.3, -0.25) is 4.72 Å². The van der Waals surface area contributed by atoms with Gasteiger partial charge in [0, 0.05) is 5.69 Å². The first kappa shape index (κ1) is 13.0. The fourth-order valence-electron chi connectivity index (χ4n) is 1.13. The number of sulfonamides is 1. The molecule has 0 amide bonds. The largest absolute Gasteiger partial charge is 0.465 e. The normalized spacial score (nSPS) is 10.4. The Morgan fingerprint density at radius 2 is 2.24 bits per heavy atom. The average molecular weight is 254 g/mol. The molecule has 1 N–H and O–H groups in total. The van der Waals surface area contributed by atoms with Gasteiger partial charge in [-0.2, -0.15) is 5.26 Å². The Labute approximate surface area is 98.9 Å². The van der Waals surface area contributed by atoms with Crippen molar-refractivity contribution in [1.82, 2.24) is 0 Å². The predicted molar refractivity (Wildman–Crippen MR) is 60.8 cm³/mol. The molecule has 0 saturated carbocycles. The molecule has 0 aliphatic rings. The first-order chi connectivity index (χ1) is 7.98. The lowest BCUT2D eigenvalue weighted by Gasteiger charge is -2.06. The Balaban J connectivity index is 2.95. The van der Waals surface area contributed by atoms with E-state index in [0.29, 0.717) is 0 Å². The quantitative estimate of drug-likeness (QED) is 0.799. The van der Waals surface area contributed by atoms with Crippen molar-refractivity contribution in [3.8, 4) is 6.07 Å². The number of rotatable bonds is 4. The summed E-state index contributed by atoms with van der Waals surface area (Å²) >= 11 is 0. The second kappa shape index (κ2) is 5.32. The third kappa shape index (κ3) is 3.77. The number of carbonyl (C=O) groups is 1. The van der Waals surface area contributed by atoms with Gasteiger partial charge in [0.1, 0.15) is 0 Å². The van der Waals surface area contributed by atoms with Gasteiger partial charge < -0.3 is 4.74 Å². The zero-order chi connectivity index (χ0) is 12.9.